The predicted molar refractivity (Wildman–Crippen MR) is 93.8 cm³/mol. The van der Waals surface area contributed by atoms with E-state index in [-0.39, 0.29) is 30.0 Å². The highest BCUT2D eigenvalue weighted by atomic mass is 32.1. The number of pyridine rings is 1. The summed E-state index contributed by atoms with van der Waals surface area (Å²) >= 11 is 4.86. The summed E-state index contributed by atoms with van der Waals surface area (Å²) in [6, 6.07) is 11.5. The van der Waals surface area contributed by atoms with Crippen LogP contribution in [0.2, 0.25) is 0 Å². The van der Waals surface area contributed by atoms with E-state index in [0.29, 0.717) is 10.4 Å². The monoisotopic (exact) mass is 362 g/mol. The fourth-order valence-electron chi connectivity index (χ4n) is 1.90. The maximum Gasteiger partial charge on any atom is 0.407 e. The summed E-state index contributed by atoms with van der Waals surface area (Å²) in [6.07, 6.45) is -0.601. The Kier molecular flexibility index (Phi) is 6.35. The summed E-state index contributed by atoms with van der Waals surface area (Å²) in [6.45, 7) is 0.456. The van der Waals surface area contributed by atoms with Crippen LogP contribution in [0.25, 0.3) is 0 Å². The smallest absolute Gasteiger partial charge is 0.407 e. The molecule has 9 heteroatoms. The Morgan fingerprint density at radius 1 is 1.12 bits per heavy atom. The number of nitrogen functional groups attached to an aromatic ring is 1. The molecule has 0 spiro atoms. The van der Waals surface area contributed by atoms with E-state index in [2.05, 4.69) is 10.6 Å². The molecule has 1 heterocycles. The van der Waals surface area contributed by atoms with E-state index < -0.39 is 12.0 Å². The number of rotatable bonds is 6. The lowest BCUT2D eigenvalue weighted by Gasteiger charge is -2.09. The second kappa shape index (κ2) is 8.69. The normalized spacial score (nSPS) is 10.1. The highest BCUT2D eigenvalue weighted by Gasteiger charge is 2.10. The van der Waals surface area contributed by atoms with Crippen molar-refractivity contribution in [2.75, 3.05) is 18.8 Å². The number of hydrogen-bond donors (Lipinski definition) is 4. The summed E-state index contributed by atoms with van der Waals surface area (Å²) in [5, 5.41) is 14.7. The van der Waals surface area contributed by atoms with E-state index in [1.165, 1.54) is 12.1 Å². The Bertz CT molecular complexity index is 805. The molecule has 2 aromatic rings. The summed E-state index contributed by atoms with van der Waals surface area (Å²) < 4.78 is 5.78. The largest absolute Gasteiger partial charge is 0.445 e. The van der Waals surface area contributed by atoms with Crippen molar-refractivity contribution in [2.24, 2.45) is 0 Å². The molecule has 0 fully saturated rings. The number of carbonyl (C=O) groups is 2. The molecule has 0 aliphatic carbocycles. The maximum atomic E-state index is 11.9. The number of nitrogens with one attached hydrogen (secondary N) is 2. The van der Waals surface area contributed by atoms with Gasteiger partial charge >= 0.3 is 6.09 Å². The number of hydrogen-bond acceptors (Lipinski definition) is 6. The second-order valence-corrected chi connectivity index (χ2v) is 5.48. The van der Waals surface area contributed by atoms with E-state index in [0.717, 1.165) is 5.56 Å². The number of benzene rings is 1. The van der Waals surface area contributed by atoms with Crippen molar-refractivity contribution in [1.29, 1.82) is 0 Å². The number of nitrogens with two attached hydrogens (primary N) is 1. The van der Waals surface area contributed by atoms with E-state index >= 15 is 0 Å². The molecule has 1 aromatic carbocycles. The van der Waals surface area contributed by atoms with Crippen LogP contribution in [0.4, 0.5) is 10.5 Å². The van der Waals surface area contributed by atoms with Gasteiger partial charge in [-0.2, -0.15) is 4.73 Å². The van der Waals surface area contributed by atoms with Crippen LogP contribution >= 0.6 is 12.2 Å². The van der Waals surface area contributed by atoms with Gasteiger partial charge in [-0.1, -0.05) is 30.4 Å². The number of anilines is 1. The quantitative estimate of drug-likeness (QED) is 0.269. The number of alkyl carbamates (subject to hydrolysis) is 1. The minimum Gasteiger partial charge on any atom is -0.445 e. The Balaban J connectivity index is 1.69. The zero-order chi connectivity index (χ0) is 18.2. The average Bonchev–Trinajstić information content (AvgIpc) is 2.60. The third kappa shape index (κ3) is 5.50. The van der Waals surface area contributed by atoms with Crippen LogP contribution in [-0.4, -0.2) is 35.0 Å². The van der Waals surface area contributed by atoms with Gasteiger partial charge in [0.2, 0.25) is 0 Å². The van der Waals surface area contributed by atoms with Gasteiger partial charge in [-0.05, 0) is 29.8 Å². The third-order valence-corrected chi connectivity index (χ3v) is 3.50. The predicted octanol–water partition coefficient (Wildman–Crippen LogP) is 1.69. The molecule has 1 aromatic heterocycles. The topological polar surface area (TPSA) is 119 Å². The Hall–Kier alpha value is -3.07. The van der Waals surface area contributed by atoms with E-state index in [1.807, 2.05) is 0 Å². The molecule has 2 rings (SSSR count). The molecule has 0 aliphatic rings. The first-order chi connectivity index (χ1) is 12.0. The van der Waals surface area contributed by atoms with Gasteiger partial charge in [-0.3, -0.25) is 4.79 Å². The lowest BCUT2D eigenvalue weighted by atomic mass is 10.2. The molecule has 25 heavy (non-hydrogen) atoms. The van der Waals surface area contributed by atoms with Crippen LogP contribution in [0.5, 0.6) is 0 Å². The maximum absolute atomic E-state index is 11.9. The first-order valence-corrected chi connectivity index (χ1v) is 7.83. The lowest BCUT2D eigenvalue weighted by molar-refractivity contribution is 0.0894. The fourth-order valence-corrected chi connectivity index (χ4v) is 2.08. The zero-order valence-electron chi connectivity index (χ0n) is 13.3. The minimum absolute atomic E-state index is 0.0124. The molecular formula is C16H18N4O4S. The molecule has 0 aliphatic heterocycles. The van der Waals surface area contributed by atoms with Gasteiger partial charge in [0.25, 0.3) is 5.91 Å². The molecule has 0 saturated carbocycles. The van der Waals surface area contributed by atoms with Crippen LogP contribution in [0, 0.1) is 4.64 Å². The third-order valence-electron chi connectivity index (χ3n) is 3.19. The van der Waals surface area contributed by atoms with E-state index in [4.69, 9.17) is 22.7 Å². The van der Waals surface area contributed by atoms with Gasteiger partial charge in [0.15, 0.2) is 0 Å². The van der Waals surface area contributed by atoms with Gasteiger partial charge in [0, 0.05) is 18.8 Å². The van der Waals surface area contributed by atoms with Crippen LogP contribution in [-0.2, 0) is 11.3 Å². The minimum atomic E-state index is -0.601. The first kappa shape index (κ1) is 18.3. The number of carbonyl (C=O) groups excluding carboxylic acids is 2. The number of nitrogens with zero attached hydrogens (tertiary/aromatic N) is 1. The highest BCUT2D eigenvalue weighted by molar-refractivity contribution is 7.71. The molecule has 0 bridgehead atoms. The van der Waals surface area contributed by atoms with Crippen LogP contribution in [0.3, 0.4) is 0 Å². The average molecular weight is 362 g/mol. The van der Waals surface area contributed by atoms with E-state index in [9.17, 15) is 14.8 Å². The van der Waals surface area contributed by atoms with Gasteiger partial charge in [0.1, 0.15) is 16.9 Å². The van der Waals surface area contributed by atoms with Crippen molar-refractivity contribution in [1.82, 2.24) is 15.4 Å². The van der Waals surface area contributed by atoms with Crippen molar-refractivity contribution in [3.8, 4) is 0 Å². The van der Waals surface area contributed by atoms with Gasteiger partial charge in [0.05, 0.1) is 0 Å². The molecular weight excluding hydrogens is 344 g/mol. The fraction of sp³-hybridized carbons (Fsp3) is 0.188. The van der Waals surface area contributed by atoms with Crippen LogP contribution in [0.1, 0.15) is 16.1 Å². The molecule has 132 valence electrons. The molecule has 0 unspecified atom stereocenters. The molecule has 0 radical (unpaired) electrons. The van der Waals surface area contributed by atoms with Crippen LogP contribution in [0.15, 0.2) is 42.5 Å². The molecule has 2 amide bonds. The van der Waals surface area contributed by atoms with Crippen molar-refractivity contribution in [3.05, 3.63) is 58.4 Å². The Morgan fingerprint density at radius 2 is 1.80 bits per heavy atom. The van der Waals surface area contributed by atoms with Crippen molar-refractivity contribution < 1.29 is 19.5 Å². The summed E-state index contributed by atoms with van der Waals surface area (Å²) in [4.78, 5) is 23.5. The van der Waals surface area contributed by atoms with Crippen molar-refractivity contribution >= 4 is 29.9 Å². The van der Waals surface area contributed by atoms with Gasteiger partial charge in [-0.15, -0.1) is 0 Å². The second-order valence-electron chi connectivity index (χ2n) is 5.06. The summed E-state index contributed by atoms with van der Waals surface area (Å²) in [5.41, 5.74) is 7.03. The van der Waals surface area contributed by atoms with Gasteiger partial charge in [-0.25, -0.2) is 4.79 Å². The van der Waals surface area contributed by atoms with Crippen LogP contribution < -0.4 is 16.4 Å². The standard InChI is InChI=1S/C16H18N4O4S/c17-12-6-4-11(5-7-12)10-24-16(22)19-9-8-18-15(21)13-2-1-3-14(25)20(13)23/h1-7,23H,8-10,17H2,(H,18,21)(H,19,22). The van der Waals surface area contributed by atoms with Crippen molar-refractivity contribution in [2.45, 2.75) is 6.61 Å². The lowest BCUT2D eigenvalue weighted by Crippen LogP contribution is -2.35. The SMILES string of the molecule is Nc1ccc(COC(=O)NCCNC(=O)c2cccc(=S)n2O)cc1. The van der Waals surface area contributed by atoms with Gasteiger partial charge < -0.3 is 26.3 Å². The molecule has 0 atom stereocenters. The molecule has 0 saturated heterocycles. The Morgan fingerprint density at radius 3 is 2.52 bits per heavy atom. The number of amides is 2. The number of ether oxygens (including phenoxy) is 1. The van der Waals surface area contributed by atoms with E-state index in [1.54, 1.807) is 30.3 Å². The molecule has 8 nitrogen and oxygen atoms in total. The first-order valence-electron chi connectivity index (χ1n) is 7.42. The highest BCUT2D eigenvalue weighted by Crippen LogP contribution is 2.06. The molecule has 5 N–H and O–H groups in total. The zero-order valence-corrected chi connectivity index (χ0v) is 14.1. The Labute approximate surface area is 149 Å². The summed E-state index contributed by atoms with van der Waals surface area (Å²) in [5.74, 6) is -0.508. The summed E-state index contributed by atoms with van der Waals surface area (Å²) in [7, 11) is 0. The number of aromatic nitrogens is 1. The van der Waals surface area contributed by atoms with Crippen molar-refractivity contribution in [3.63, 3.8) is 0 Å².